The predicted octanol–water partition coefficient (Wildman–Crippen LogP) is 8.15. The minimum atomic E-state index is -3.83. The molecule has 1 aromatic heterocycles. The number of nitrogens with two attached hydrogens (primary N) is 1. The largest absolute Gasteiger partial charge is 0.395 e. The van der Waals surface area contributed by atoms with E-state index in [1.807, 2.05) is 163 Å². The van der Waals surface area contributed by atoms with Crippen LogP contribution in [-0.2, 0) is 9.98 Å². The molecule has 0 aliphatic heterocycles. The van der Waals surface area contributed by atoms with Crippen LogP contribution in [0.4, 0.5) is 0 Å². The van der Waals surface area contributed by atoms with Gasteiger partial charge in [-0.1, -0.05) is 158 Å². The highest BCUT2D eigenvalue weighted by Gasteiger charge is 2.51. The van der Waals surface area contributed by atoms with E-state index in [2.05, 4.69) is 0 Å². The number of hydrogen-bond acceptors (Lipinski definition) is 4. The summed E-state index contributed by atoms with van der Waals surface area (Å²) in [6.07, 6.45) is 0. The number of carbonyl (C=O) groups excluding carboxylic acids is 1. The maximum absolute atomic E-state index is 16.5. The van der Waals surface area contributed by atoms with Crippen LogP contribution in [0.1, 0.15) is 26.4 Å². The normalized spacial score (nSPS) is 12.4. The lowest BCUT2D eigenvalue weighted by molar-refractivity contribution is 0.103. The van der Waals surface area contributed by atoms with Crippen molar-refractivity contribution in [1.82, 2.24) is 0 Å². The molecule has 2 N–H and O–H groups in total. The Labute approximate surface area is 256 Å². The van der Waals surface area contributed by atoms with Crippen LogP contribution >= 0.6 is 18.5 Å². The van der Waals surface area contributed by atoms with E-state index in [0.717, 1.165) is 16.7 Å². The molecule has 5 aromatic carbocycles. The van der Waals surface area contributed by atoms with Gasteiger partial charge in [-0.15, -0.1) is 11.3 Å². The molecule has 0 aliphatic carbocycles. The van der Waals surface area contributed by atoms with Crippen molar-refractivity contribution in [3.05, 3.63) is 202 Å². The molecular weight excluding hydrogens is 565 g/mol. The Bertz CT molecular complexity index is 1750. The summed E-state index contributed by atoms with van der Waals surface area (Å²) in [7, 11) is -3.83. The second kappa shape index (κ2) is 12.2. The van der Waals surface area contributed by atoms with Crippen molar-refractivity contribution < 1.29 is 9.36 Å². The van der Waals surface area contributed by atoms with Gasteiger partial charge < -0.3 is 10.3 Å². The molecule has 43 heavy (non-hydrogen) atoms. The van der Waals surface area contributed by atoms with E-state index in [1.165, 1.54) is 11.3 Å². The van der Waals surface area contributed by atoms with Crippen molar-refractivity contribution in [2.45, 2.75) is 5.41 Å². The van der Waals surface area contributed by atoms with Crippen molar-refractivity contribution in [3.63, 3.8) is 0 Å². The Morgan fingerprint density at radius 3 is 1.26 bits per heavy atom. The van der Waals surface area contributed by atoms with Gasteiger partial charge in [0.05, 0.1) is 16.0 Å². The molecule has 0 saturated carbocycles. The highest BCUT2D eigenvalue weighted by Crippen LogP contribution is 2.64. The van der Waals surface area contributed by atoms with Gasteiger partial charge in [0, 0.05) is 15.9 Å². The number of benzene rings is 5. The topological polar surface area (TPSA) is 60.2 Å². The fraction of sp³-hybridized carbons (Fsp3) is 0.0263. The first kappa shape index (κ1) is 28.4. The Kier molecular flexibility index (Phi) is 8.07. The van der Waals surface area contributed by atoms with Crippen LogP contribution in [0.25, 0.3) is 0 Å². The number of ketones is 1. The summed E-state index contributed by atoms with van der Waals surface area (Å²) in [5.74, 6) is -0.343. The molecule has 0 radical (unpaired) electrons. The van der Waals surface area contributed by atoms with Crippen LogP contribution in [0.5, 0.6) is 0 Å². The van der Waals surface area contributed by atoms with Crippen LogP contribution in [-0.4, -0.2) is 5.78 Å². The molecule has 0 amide bonds. The third kappa shape index (κ3) is 4.99. The van der Waals surface area contributed by atoms with Crippen LogP contribution in [0, 0.1) is 0 Å². The summed E-state index contributed by atoms with van der Waals surface area (Å²) in [6.45, 7) is 0. The van der Waals surface area contributed by atoms with E-state index in [9.17, 15) is 4.79 Å². The number of hydrogen-bond donors (Lipinski definition) is 1. The molecule has 6 rings (SSSR count). The quantitative estimate of drug-likeness (QED) is 0.0794. The first-order chi connectivity index (χ1) is 21.1. The molecule has 0 bridgehead atoms. The smallest absolute Gasteiger partial charge is 0.219 e. The van der Waals surface area contributed by atoms with Crippen LogP contribution in [0.2, 0.25) is 0 Å². The number of rotatable bonds is 9. The van der Waals surface area contributed by atoms with Gasteiger partial charge in [-0.2, -0.15) is 0 Å². The number of thiophene rings is 1. The third-order valence-electron chi connectivity index (χ3n) is 7.77. The highest BCUT2D eigenvalue weighted by atomic mass is 32.1. The van der Waals surface area contributed by atoms with Crippen LogP contribution in [0.3, 0.4) is 0 Å². The molecule has 0 atom stereocenters. The molecule has 3 nitrogen and oxygen atoms in total. The van der Waals surface area contributed by atoms with E-state index in [-0.39, 0.29) is 11.5 Å². The first-order valence-corrected chi connectivity index (χ1v) is 16.6. The second-order valence-corrected chi connectivity index (χ2v) is 13.8. The van der Waals surface area contributed by atoms with E-state index < -0.39 is 12.6 Å². The highest BCUT2D eigenvalue weighted by molar-refractivity contribution is 7.82. The first-order valence-electron chi connectivity index (χ1n) is 14.0. The maximum atomic E-state index is 16.5. The maximum Gasteiger partial charge on any atom is 0.219 e. The fourth-order valence-electron chi connectivity index (χ4n) is 5.91. The van der Waals surface area contributed by atoms with Gasteiger partial charge in [0.1, 0.15) is 0 Å². The van der Waals surface area contributed by atoms with Crippen molar-refractivity contribution in [2.75, 3.05) is 0 Å². The van der Waals surface area contributed by atoms with Gasteiger partial charge in [-0.25, -0.2) is 0 Å². The van der Waals surface area contributed by atoms with Gasteiger partial charge in [0.2, 0.25) is 5.78 Å². The molecule has 0 spiro atoms. The molecule has 210 valence electrons. The lowest BCUT2D eigenvalue weighted by Gasteiger charge is -2.42. The zero-order valence-corrected chi connectivity index (χ0v) is 25.1. The summed E-state index contributed by atoms with van der Waals surface area (Å²) in [5, 5.41) is 3.43. The minimum absolute atomic E-state index is 0.0185. The van der Waals surface area contributed by atoms with E-state index in [1.54, 1.807) is 6.07 Å². The molecule has 1 heterocycles. The summed E-state index contributed by atoms with van der Waals surface area (Å²) in [5.41, 5.74) is 8.54. The van der Waals surface area contributed by atoms with Gasteiger partial charge in [-0.05, 0) is 28.1 Å². The van der Waals surface area contributed by atoms with Gasteiger partial charge >= 0.3 is 0 Å². The number of carbonyl (C=O) groups is 1. The van der Waals surface area contributed by atoms with Crippen molar-refractivity contribution in [1.29, 1.82) is 0 Å². The molecule has 0 aliphatic rings. The SMILES string of the molecule is N/C(C(=O)c1cccs1)=C(/C(c1ccccc1)(c1ccccc1)c1ccccc1)P(=O)(c1ccccc1)c1ccccc1. The lowest BCUT2D eigenvalue weighted by atomic mass is 9.68. The zero-order chi connectivity index (χ0) is 29.7. The zero-order valence-electron chi connectivity index (χ0n) is 23.4. The van der Waals surface area contributed by atoms with Gasteiger partial charge in [0.25, 0.3) is 0 Å². The van der Waals surface area contributed by atoms with Crippen molar-refractivity contribution in [2.24, 2.45) is 5.73 Å². The molecule has 0 unspecified atom stereocenters. The minimum Gasteiger partial charge on any atom is -0.395 e. The number of Topliss-reactive ketones (excluding diaryl/α,β-unsaturated/α-hetero) is 1. The van der Waals surface area contributed by atoms with Crippen molar-refractivity contribution >= 4 is 34.9 Å². The lowest BCUT2D eigenvalue weighted by Crippen LogP contribution is -2.38. The van der Waals surface area contributed by atoms with E-state index >= 15 is 4.57 Å². The third-order valence-corrected chi connectivity index (χ3v) is 11.9. The predicted molar refractivity (Wildman–Crippen MR) is 179 cm³/mol. The van der Waals surface area contributed by atoms with Crippen LogP contribution < -0.4 is 16.3 Å². The average Bonchev–Trinajstić information content (AvgIpc) is 3.64. The summed E-state index contributed by atoms with van der Waals surface area (Å²) in [4.78, 5) is 14.9. The van der Waals surface area contributed by atoms with E-state index in [4.69, 9.17) is 5.73 Å². The summed E-state index contributed by atoms with van der Waals surface area (Å²) in [6, 6.07) is 52.4. The van der Waals surface area contributed by atoms with Crippen LogP contribution in [0.15, 0.2) is 180 Å². The summed E-state index contributed by atoms with van der Waals surface area (Å²) >= 11 is 1.32. The number of allylic oxidation sites excluding steroid dienone is 2. The fourth-order valence-corrected chi connectivity index (χ4v) is 9.89. The summed E-state index contributed by atoms with van der Waals surface area (Å²) < 4.78 is 16.5. The molecule has 5 heteroatoms. The second-order valence-electron chi connectivity index (χ2n) is 10.2. The van der Waals surface area contributed by atoms with Gasteiger partial charge in [-0.3, -0.25) is 4.79 Å². The standard InChI is InChI=1S/C38H30NO2PS/c39-35(36(40)34-27-16-28-43-34)37(42(41,32-23-12-4-13-24-32)33-25-14-5-15-26-33)38(29-17-6-1-7-18-29,30-19-8-2-9-20-30)31-21-10-3-11-22-31/h1-28H,39H2/b37-35-. The molecule has 6 aromatic rings. The van der Waals surface area contributed by atoms with Gasteiger partial charge in [0.15, 0.2) is 7.14 Å². The average molecular weight is 596 g/mol. The molecule has 0 saturated heterocycles. The Morgan fingerprint density at radius 1 is 0.535 bits per heavy atom. The van der Waals surface area contributed by atoms with E-state index in [0.29, 0.717) is 20.8 Å². The molecule has 0 fully saturated rings. The van der Waals surface area contributed by atoms with Crippen molar-refractivity contribution in [3.8, 4) is 0 Å². The Balaban J connectivity index is 1.88. The monoisotopic (exact) mass is 595 g/mol. The Morgan fingerprint density at radius 2 is 0.907 bits per heavy atom. The molecular formula is C38H30NO2PS. The Hall–Kier alpha value is -4.76.